The lowest BCUT2D eigenvalue weighted by molar-refractivity contribution is 0.306. The standard InChI is InChI=1S/C26H25ClN2O2/c1-3-22(19-9-11-23-21(15-19)16-24(27)31-23)26(18-7-5-4-6-8-18)20-10-12-25(29-17-20)30-14-13-28-2/h4-12,15-17,28H,3,13-14H2,1-2H3. The van der Waals surface area contributed by atoms with Crippen molar-refractivity contribution in [1.82, 2.24) is 10.3 Å². The van der Waals surface area contributed by atoms with Gasteiger partial charge in [0.05, 0.1) is 0 Å². The number of allylic oxidation sites excluding steroid dienone is 1. The van der Waals surface area contributed by atoms with E-state index in [-0.39, 0.29) is 0 Å². The van der Waals surface area contributed by atoms with Gasteiger partial charge in [-0.3, -0.25) is 0 Å². The second-order valence-corrected chi connectivity index (χ2v) is 7.59. The molecule has 0 aliphatic rings. The molecule has 1 N–H and O–H groups in total. The van der Waals surface area contributed by atoms with Crippen molar-refractivity contribution in [1.29, 1.82) is 0 Å². The summed E-state index contributed by atoms with van der Waals surface area (Å²) in [4.78, 5) is 4.54. The zero-order valence-electron chi connectivity index (χ0n) is 17.7. The zero-order valence-corrected chi connectivity index (χ0v) is 18.4. The van der Waals surface area contributed by atoms with Crippen molar-refractivity contribution in [2.45, 2.75) is 13.3 Å². The van der Waals surface area contributed by atoms with Crippen molar-refractivity contribution >= 4 is 33.7 Å². The smallest absolute Gasteiger partial charge is 0.213 e. The number of halogens is 1. The molecule has 0 aliphatic carbocycles. The minimum Gasteiger partial charge on any atom is -0.476 e. The predicted molar refractivity (Wildman–Crippen MR) is 128 cm³/mol. The summed E-state index contributed by atoms with van der Waals surface area (Å²) < 4.78 is 11.2. The average molecular weight is 433 g/mol. The summed E-state index contributed by atoms with van der Waals surface area (Å²) in [6, 6.07) is 22.5. The molecule has 4 nitrogen and oxygen atoms in total. The van der Waals surface area contributed by atoms with E-state index in [2.05, 4.69) is 59.7 Å². The second-order valence-electron chi connectivity index (χ2n) is 7.21. The van der Waals surface area contributed by atoms with Crippen LogP contribution in [-0.4, -0.2) is 25.2 Å². The Kier molecular flexibility index (Phi) is 6.70. The van der Waals surface area contributed by atoms with E-state index in [1.54, 1.807) is 0 Å². The SMILES string of the molecule is CCC(=C(c1ccccc1)c1ccc(OCCNC)nc1)c1ccc2oc(Cl)cc2c1. The van der Waals surface area contributed by atoms with Crippen LogP contribution in [0.2, 0.25) is 5.22 Å². The van der Waals surface area contributed by atoms with Gasteiger partial charge in [-0.05, 0) is 65.5 Å². The van der Waals surface area contributed by atoms with Gasteiger partial charge in [0.2, 0.25) is 5.88 Å². The van der Waals surface area contributed by atoms with Crippen molar-refractivity contribution in [2.24, 2.45) is 0 Å². The van der Waals surface area contributed by atoms with Gasteiger partial charge in [-0.25, -0.2) is 4.98 Å². The van der Waals surface area contributed by atoms with E-state index in [0.717, 1.165) is 46.2 Å². The molecule has 0 atom stereocenters. The van der Waals surface area contributed by atoms with Gasteiger partial charge in [-0.1, -0.05) is 43.3 Å². The van der Waals surface area contributed by atoms with Crippen molar-refractivity contribution in [3.05, 3.63) is 94.8 Å². The topological polar surface area (TPSA) is 47.3 Å². The zero-order chi connectivity index (χ0) is 21.6. The number of likely N-dealkylation sites (N-methyl/N-ethyl adjacent to an activating group) is 1. The number of benzene rings is 2. The fourth-order valence-corrected chi connectivity index (χ4v) is 3.92. The Labute approximate surface area is 187 Å². The molecule has 4 aromatic rings. The summed E-state index contributed by atoms with van der Waals surface area (Å²) in [5, 5.41) is 4.46. The average Bonchev–Trinajstić information content (AvgIpc) is 3.18. The monoisotopic (exact) mass is 432 g/mol. The van der Waals surface area contributed by atoms with Gasteiger partial charge in [0.15, 0.2) is 5.22 Å². The van der Waals surface area contributed by atoms with Gasteiger partial charge in [0.25, 0.3) is 0 Å². The van der Waals surface area contributed by atoms with Crippen molar-refractivity contribution in [3.8, 4) is 5.88 Å². The normalized spacial score (nSPS) is 12.1. The molecule has 0 radical (unpaired) electrons. The number of fused-ring (bicyclic) bond motifs is 1. The summed E-state index contributed by atoms with van der Waals surface area (Å²) in [6.45, 7) is 3.53. The van der Waals surface area contributed by atoms with Crippen LogP contribution in [0.5, 0.6) is 5.88 Å². The van der Waals surface area contributed by atoms with E-state index in [9.17, 15) is 0 Å². The highest BCUT2D eigenvalue weighted by Gasteiger charge is 2.15. The minimum absolute atomic E-state index is 0.399. The molecule has 2 heterocycles. The molecule has 5 heteroatoms. The number of nitrogens with zero attached hydrogens (tertiary/aromatic N) is 1. The molecule has 0 fully saturated rings. The maximum atomic E-state index is 6.06. The van der Waals surface area contributed by atoms with Crippen LogP contribution in [0.25, 0.3) is 22.1 Å². The molecule has 0 amide bonds. The number of aromatic nitrogens is 1. The van der Waals surface area contributed by atoms with Gasteiger partial charge in [0, 0.05) is 35.8 Å². The Balaban J connectivity index is 1.81. The molecule has 0 spiro atoms. The number of pyridine rings is 1. The largest absolute Gasteiger partial charge is 0.476 e. The molecular formula is C26H25ClN2O2. The quantitative estimate of drug-likeness (QED) is 0.257. The van der Waals surface area contributed by atoms with Gasteiger partial charge in [-0.2, -0.15) is 0 Å². The first-order chi connectivity index (χ1) is 15.2. The molecule has 0 saturated carbocycles. The third-order valence-electron chi connectivity index (χ3n) is 5.18. The van der Waals surface area contributed by atoms with Crippen LogP contribution in [0.1, 0.15) is 30.0 Å². The lowest BCUT2D eigenvalue weighted by Crippen LogP contribution is -2.16. The summed E-state index contributed by atoms with van der Waals surface area (Å²) in [5.74, 6) is 0.624. The first-order valence-corrected chi connectivity index (χ1v) is 10.8. The van der Waals surface area contributed by atoms with E-state index in [4.69, 9.17) is 20.8 Å². The van der Waals surface area contributed by atoms with Crippen LogP contribution >= 0.6 is 11.6 Å². The Morgan fingerprint density at radius 3 is 2.52 bits per heavy atom. The summed E-state index contributed by atoms with van der Waals surface area (Å²) >= 11 is 6.06. The summed E-state index contributed by atoms with van der Waals surface area (Å²) in [6.07, 6.45) is 2.75. The maximum Gasteiger partial charge on any atom is 0.213 e. The van der Waals surface area contributed by atoms with Gasteiger partial charge in [-0.15, -0.1) is 0 Å². The molecule has 0 aliphatic heterocycles. The van der Waals surface area contributed by atoms with Crippen molar-refractivity contribution in [2.75, 3.05) is 20.2 Å². The third kappa shape index (κ3) is 4.82. The fourth-order valence-electron chi connectivity index (χ4n) is 3.72. The van der Waals surface area contributed by atoms with Crippen LogP contribution in [-0.2, 0) is 0 Å². The first-order valence-electron chi connectivity index (χ1n) is 10.4. The van der Waals surface area contributed by atoms with Gasteiger partial charge in [0.1, 0.15) is 12.2 Å². The van der Waals surface area contributed by atoms with Crippen LogP contribution in [0.3, 0.4) is 0 Å². The highest BCUT2D eigenvalue weighted by molar-refractivity contribution is 6.29. The van der Waals surface area contributed by atoms with Crippen molar-refractivity contribution < 1.29 is 9.15 Å². The Morgan fingerprint density at radius 1 is 1.00 bits per heavy atom. The number of ether oxygens (including phenoxy) is 1. The van der Waals surface area contributed by atoms with E-state index in [1.165, 1.54) is 5.57 Å². The van der Waals surface area contributed by atoms with E-state index >= 15 is 0 Å². The molecule has 0 saturated heterocycles. The van der Waals surface area contributed by atoms with Crippen molar-refractivity contribution in [3.63, 3.8) is 0 Å². The fraction of sp³-hybridized carbons (Fsp3) is 0.192. The Hall–Kier alpha value is -3.08. The lowest BCUT2D eigenvalue weighted by Gasteiger charge is -2.16. The molecular weight excluding hydrogens is 408 g/mol. The number of nitrogens with one attached hydrogen (secondary N) is 1. The van der Waals surface area contributed by atoms with E-state index in [1.807, 2.05) is 37.5 Å². The Bertz CT molecular complexity index is 1180. The van der Waals surface area contributed by atoms with Crippen LogP contribution in [0.4, 0.5) is 0 Å². The predicted octanol–water partition coefficient (Wildman–Crippen LogP) is 6.45. The Morgan fingerprint density at radius 2 is 1.81 bits per heavy atom. The molecule has 4 rings (SSSR count). The molecule has 2 aromatic heterocycles. The molecule has 31 heavy (non-hydrogen) atoms. The van der Waals surface area contributed by atoms with Crippen LogP contribution < -0.4 is 10.1 Å². The van der Waals surface area contributed by atoms with E-state index < -0.39 is 0 Å². The van der Waals surface area contributed by atoms with Crippen LogP contribution in [0.15, 0.2) is 77.3 Å². The molecule has 0 bridgehead atoms. The lowest BCUT2D eigenvalue weighted by atomic mass is 9.88. The summed E-state index contributed by atoms with van der Waals surface area (Å²) in [7, 11) is 1.90. The van der Waals surface area contributed by atoms with Crippen LogP contribution in [0, 0.1) is 0 Å². The molecule has 0 unspecified atom stereocenters. The minimum atomic E-state index is 0.399. The second kappa shape index (κ2) is 9.82. The van der Waals surface area contributed by atoms with Gasteiger partial charge < -0.3 is 14.5 Å². The highest BCUT2D eigenvalue weighted by Crippen LogP contribution is 2.36. The molecule has 2 aromatic carbocycles. The number of hydrogen-bond donors (Lipinski definition) is 1. The summed E-state index contributed by atoms with van der Waals surface area (Å²) in [5.41, 5.74) is 6.52. The first kappa shape index (κ1) is 21.2. The number of hydrogen-bond acceptors (Lipinski definition) is 4. The maximum absolute atomic E-state index is 6.06. The highest BCUT2D eigenvalue weighted by atomic mass is 35.5. The van der Waals surface area contributed by atoms with Gasteiger partial charge >= 0.3 is 0 Å². The molecule has 158 valence electrons. The third-order valence-corrected chi connectivity index (χ3v) is 5.37. The number of furan rings is 1. The van der Waals surface area contributed by atoms with E-state index in [0.29, 0.717) is 17.7 Å². The number of rotatable bonds is 8.